The van der Waals surface area contributed by atoms with Gasteiger partial charge in [0.25, 0.3) is 0 Å². The van der Waals surface area contributed by atoms with Gasteiger partial charge >= 0.3 is 15.6 Å². The second-order valence-electron chi connectivity index (χ2n) is 16.0. The third-order valence-electron chi connectivity index (χ3n) is 12.5. The summed E-state index contributed by atoms with van der Waals surface area (Å²) in [5.41, 5.74) is -7.30. The summed E-state index contributed by atoms with van der Waals surface area (Å²) in [7, 11) is -5.96. The van der Waals surface area contributed by atoms with Crippen LogP contribution in [0.3, 0.4) is 0 Å². The fourth-order valence-electron chi connectivity index (χ4n) is 8.22. The zero-order valence-corrected chi connectivity index (χ0v) is 33.1. The molecule has 2 fully saturated rings. The Bertz CT molecular complexity index is 1690. The Labute approximate surface area is 332 Å². The molecule has 0 unspecified atom stereocenters. The molecule has 0 radical (unpaired) electrons. The predicted octanol–water partition coefficient (Wildman–Crippen LogP) is 9.13. The summed E-state index contributed by atoms with van der Waals surface area (Å²) in [6.45, 7) is 23.8. The Balaban J connectivity index is 0.000000381. The number of carbonyl (C=O) groups excluding carboxylic acids is 3. The molecule has 14 heteroatoms. The van der Waals surface area contributed by atoms with Crippen molar-refractivity contribution in [2.75, 3.05) is 26.4 Å². The van der Waals surface area contributed by atoms with Crippen molar-refractivity contribution in [1.29, 1.82) is 0 Å². The van der Waals surface area contributed by atoms with Crippen LogP contribution in [0.15, 0.2) is 60.4 Å². The van der Waals surface area contributed by atoms with Gasteiger partial charge < -0.3 is 23.1 Å². The van der Waals surface area contributed by atoms with E-state index in [2.05, 4.69) is 30.8 Å². The van der Waals surface area contributed by atoms with Crippen molar-refractivity contribution >= 4 is 27.5 Å². The summed E-state index contributed by atoms with van der Waals surface area (Å²) in [5.74, 6) is -1.06. The maximum Gasteiger partial charge on any atom is 0.534 e. The van der Waals surface area contributed by atoms with Crippen LogP contribution in [0, 0.1) is 33.5 Å². The lowest BCUT2D eigenvalue weighted by Gasteiger charge is -2.42. The molecule has 6 atom stereocenters. The minimum atomic E-state index is -5.96. The number of ether oxygens (including phenoxy) is 4. The zero-order chi connectivity index (χ0) is 40.5. The fraction of sp³-hybridized carbons (Fsp3) is 0.690. The molecule has 0 aromatic heterocycles. The van der Waals surface area contributed by atoms with Crippen LogP contribution < -0.4 is 0 Å². The van der Waals surface area contributed by atoms with E-state index in [0.717, 1.165) is 24.8 Å². The van der Waals surface area contributed by atoms with Crippen molar-refractivity contribution in [3.63, 3.8) is 0 Å². The molecule has 0 amide bonds. The van der Waals surface area contributed by atoms with Gasteiger partial charge in [0, 0.05) is 35.7 Å². The highest BCUT2D eigenvalue weighted by Gasteiger charge is 2.56. The molecule has 0 bridgehead atoms. The number of carbonyl (C=O) groups is 3. The van der Waals surface area contributed by atoms with Gasteiger partial charge in [-0.2, -0.15) is 21.6 Å². The van der Waals surface area contributed by atoms with Crippen molar-refractivity contribution in [3.8, 4) is 0 Å². The lowest BCUT2D eigenvalue weighted by atomic mass is 9.60. The van der Waals surface area contributed by atoms with Crippen LogP contribution in [0.5, 0.6) is 0 Å². The molecular weight excluding hydrogens is 754 g/mol. The number of allylic oxidation sites excluding steroid dienone is 5. The average Bonchev–Trinajstić information content (AvgIpc) is 3.92. The maximum atomic E-state index is 13.5. The van der Waals surface area contributed by atoms with Crippen LogP contribution in [0.1, 0.15) is 108 Å². The smallest absolute Gasteiger partial charge is 0.379 e. The summed E-state index contributed by atoms with van der Waals surface area (Å²) in [4.78, 5) is 39.4. The molecular formula is C42H63F3O10S. The van der Waals surface area contributed by atoms with Gasteiger partial charge in [-0.25, -0.2) is 0 Å². The van der Waals surface area contributed by atoms with Crippen molar-refractivity contribution in [1.82, 2.24) is 0 Å². The number of hydrogen-bond acceptors (Lipinski definition) is 10. The quantitative estimate of drug-likeness (QED) is 0.101. The third-order valence-corrected chi connectivity index (χ3v) is 13.4. The minimum absolute atomic E-state index is 0. The average molecular weight is 817 g/mol. The van der Waals surface area contributed by atoms with E-state index in [0.29, 0.717) is 39.3 Å². The molecule has 5 rings (SSSR count). The molecule has 0 spiro atoms. The van der Waals surface area contributed by atoms with Crippen LogP contribution >= 0.6 is 0 Å². The van der Waals surface area contributed by atoms with Gasteiger partial charge in [0.05, 0.1) is 37.3 Å². The van der Waals surface area contributed by atoms with Crippen molar-refractivity contribution < 1.29 is 59.1 Å². The number of rotatable bonds is 13. The van der Waals surface area contributed by atoms with Crippen LogP contribution in [-0.2, 0) is 47.6 Å². The molecule has 5 aliphatic rings. The standard InChI is InChI=1S/C20H27F3O6S.C20H28O4.2CH4/c1-6-14-9-8-13(3)19(5,16(14)29-30(25,26)20(21,22)23)15(24)12-18(4,7-2)17-27-10-11-28-17;1-5-19(3,18-23-10-11-24-18)12-16(22)20(4)13(2)6-7-14-8-9-15(21)17(14)20;;/h6-7,13,17H,1-2,8-12H2,3-5H3;5,13,18H,1,6-12H2,2-4H3;2*1H4/t13-,18-,19+;13-,19-,20+;;/m11../s1. The minimum Gasteiger partial charge on any atom is -0.379 e. The summed E-state index contributed by atoms with van der Waals surface area (Å²) in [6, 6.07) is 0. The van der Waals surface area contributed by atoms with E-state index < -0.39 is 67.3 Å². The monoisotopic (exact) mass is 816 g/mol. The molecule has 10 nitrogen and oxygen atoms in total. The first-order valence-corrected chi connectivity index (χ1v) is 19.9. The van der Waals surface area contributed by atoms with E-state index in [4.69, 9.17) is 18.9 Å². The first kappa shape index (κ1) is 49.2. The van der Waals surface area contributed by atoms with Gasteiger partial charge in [-0.15, -0.1) is 13.2 Å². The summed E-state index contributed by atoms with van der Waals surface area (Å²) < 4.78 is 89.4. The lowest BCUT2D eigenvalue weighted by molar-refractivity contribution is -0.143. The fourth-order valence-corrected chi connectivity index (χ4v) is 8.82. The maximum absolute atomic E-state index is 13.5. The van der Waals surface area contributed by atoms with Crippen LogP contribution in [-0.4, -0.2) is 70.3 Å². The first-order chi connectivity index (χ1) is 25.1. The Morgan fingerprint density at radius 2 is 1.21 bits per heavy atom. The Kier molecular flexibility index (Phi) is 16.1. The van der Waals surface area contributed by atoms with Crippen LogP contribution in [0.25, 0.3) is 0 Å². The van der Waals surface area contributed by atoms with Crippen LogP contribution in [0.2, 0.25) is 0 Å². The second-order valence-corrected chi connectivity index (χ2v) is 17.5. The van der Waals surface area contributed by atoms with Gasteiger partial charge in [-0.05, 0) is 63.4 Å². The molecule has 2 heterocycles. The zero-order valence-electron chi connectivity index (χ0n) is 32.3. The highest BCUT2D eigenvalue weighted by atomic mass is 32.2. The summed E-state index contributed by atoms with van der Waals surface area (Å²) in [6.07, 6.45) is 7.42. The summed E-state index contributed by atoms with van der Waals surface area (Å²) in [5, 5.41) is 0. The molecule has 0 aromatic carbocycles. The highest BCUT2D eigenvalue weighted by Crippen LogP contribution is 2.53. The molecule has 0 N–H and O–H groups in total. The number of ketones is 3. The van der Waals surface area contributed by atoms with E-state index in [-0.39, 0.29) is 57.2 Å². The van der Waals surface area contributed by atoms with Crippen molar-refractivity contribution in [3.05, 3.63) is 60.4 Å². The largest absolute Gasteiger partial charge is 0.534 e. The lowest BCUT2D eigenvalue weighted by Crippen LogP contribution is -2.45. The molecule has 56 heavy (non-hydrogen) atoms. The molecule has 3 aliphatic carbocycles. The predicted molar refractivity (Wildman–Crippen MR) is 208 cm³/mol. The SMILES string of the molecule is C.C.C=CC1=C(OS(=O)(=O)C(F)(F)F)[C@](C)(C(=O)C[C@@](C)(C=C)C2OCCO2)[C@H](C)CC1.C=C[C@](C)(CC(=O)[C@@]1(C)C2=C(CCC2=O)CC[C@H]1C)C1OCCO1. The van der Waals surface area contributed by atoms with E-state index in [1.165, 1.54) is 24.6 Å². The number of Topliss-reactive ketones (excluding diaryl/α,β-unsaturated/α-hetero) is 3. The van der Waals surface area contributed by atoms with Gasteiger partial charge in [0.1, 0.15) is 17.3 Å². The van der Waals surface area contributed by atoms with Gasteiger partial charge in [-0.1, -0.05) is 72.9 Å². The number of alkyl halides is 3. The van der Waals surface area contributed by atoms with Gasteiger partial charge in [0.2, 0.25) is 0 Å². The van der Waals surface area contributed by atoms with Crippen molar-refractivity contribution in [2.24, 2.45) is 33.5 Å². The highest BCUT2D eigenvalue weighted by molar-refractivity contribution is 7.87. The second kappa shape index (κ2) is 18.3. The topological polar surface area (TPSA) is 132 Å². The van der Waals surface area contributed by atoms with E-state index >= 15 is 0 Å². The first-order valence-electron chi connectivity index (χ1n) is 18.5. The van der Waals surface area contributed by atoms with E-state index in [9.17, 15) is 36.0 Å². The Morgan fingerprint density at radius 1 is 0.786 bits per heavy atom. The normalized spacial score (nSPS) is 29.4. The molecule has 2 aliphatic heterocycles. The molecule has 0 saturated carbocycles. The number of hydrogen-bond donors (Lipinski definition) is 0. The molecule has 318 valence electrons. The van der Waals surface area contributed by atoms with E-state index in [1.807, 2.05) is 13.8 Å². The number of halogens is 3. The third kappa shape index (κ3) is 9.19. The van der Waals surface area contributed by atoms with Gasteiger partial charge in [0.15, 0.2) is 18.4 Å². The Morgan fingerprint density at radius 3 is 1.64 bits per heavy atom. The molecule has 0 aromatic rings. The summed E-state index contributed by atoms with van der Waals surface area (Å²) >= 11 is 0. The molecule has 2 saturated heterocycles. The van der Waals surface area contributed by atoms with Crippen molar-refractivity contribution in [2.45, 2.75) is 126 Å². The van der Waals surface area contributed by atoms with Gasteiger partial charge in [-0.3, -0.25) is 14.4 Å². The Hall–Kier alpha value is -2.91. The van der Waals surface area contributed by atoms with Crippen LogP contribution in [0.4, 0.5) is 13.2 Å². The van der Waals surface area contributed by atoms with E-state index in [1.54, 1.807) is 19.9 Å².